The van der Waals surface area contributed by atoms with E-state index >= 15 is 0 Å². The highest BCUT2D eigenvalue weighted by Gasteiger charge is 2.38. The highest BCUT2D eigenvalue weighted by atomic mass is 35.5. The molecular weight excluding hydrogens is 543 g/mol. The fourth-order valence-corrected chi connectivity index (χ4v) is 4.07. The highest BCUT2D eigenvalue weighted by molar-refractivity contribution is 6.42. The van der Waals surface area contributed by atoms with E-state index in [-0.39, 0.29) is 34.4 Å². The number of benzene rings is 3. The van der Waals surface area contributed by atoms with Gasteiger partial charge in [0.25, 0.3) is 11.8 Å². The largest absolute Gasteiger partial charge is 0.495 e. The molecule has 8 nitrogen and oxygen atoms in total. The smallest absolute Gasteiger partial charge is 0.336 e. The Labute approximate surface area is 227 Å². The molecule has 0 atom stereocenters. The molecule has 11 heteroatoms. The van der Waals surface area contributed by atoms with Crippen LogP contribution in [0.2, 0.25) is 15.1 Å². The maximum Gasteiger partial charge on any atom is 0.336 e. The van der Waals surface area contributed by atoms with Crippen LogP contribution in [-0.4, -0.2) is 32.1 Å². The third-order valence-electron chi connectivity index (χ3n) is 5.38. The number of nitrogens with zero attached hydrogens (tertiary/aromatic N) is 1. The summed E-state index contributed by atoms with van der Waals surface area (Å²) in [5, 5.41) is 3.29. The molecule has 0 saturated carbocycles. The Morgan fingerprint density at radius 3 is 2.19 bits per heavy atom. The number of carbonyl (C=O) groups excluding carboxylic acids is 3. The molecule has 1 aliphatic heterocycles. The highest BCUT2D eigenvalue weighted by Crippen LogP contribution is 2.39. The van der Waals surface area contributed by atoms with Gasteiger partial charge < -0.3 is 14.2 Å². The molecule has 0 radical (unpaired) electrons. The van der Waals surface area contributed by atoms with E-state index in [4.69, 9.17) is 49.0 Å². The van der Waals surface area contributed by atoms with E-state index in [1.165, 1.54) is 32.4 Å². The van der Waals surface area contributed by atoms with Crippen molar-refractivity contribution in [1.82, 2.24) is 5.32 Å². The van der Waals surface area contributed by atoms with Gasteiger partial charge in [-0.2, -0.15) is 0 Å². The summed E-state index contributed by atoms with van der Waals surface area (Å²) in [7, 11) is 2.75. The first-order valence-corrected chi connectivity index (χ1v) is 11.8. The van der Waals surface area contributed by atoms with Gasteiger partial charge in [-0.1, -0.05) is 53.0 Å². The summed E-state index contributed by atoms with van der Waals surface area (Å²) < 4.78 is 16.2. The molecule has 1 aliphatic rings. The number of hydrogen-bond donors (Lipinski definition) is 1. The summed E-state index contributed by atoms with van der Waals surface area (Å²) in [6, 6.07) is 13.8. The van der Waals surface area contributed by atoms with Crippen LogP contribution < -0.4 is 24.4 Å². The van der Waals surface area contributed by atoms with Crippen LogP contribution in [0, 0.1) is 0 Å². The van der Waals surface area contributed by atoms with Crippen molar-refractivity contribution in [3.8, 4) is 17.2 Å². The number of rotatable bonds is 7. The lowest BCUT2D eigenvalue weighted by atomic mass is 10.1. The molecule has 1 N–H and O–H groups in total. The number of urea groups is 1. The first-order chi connectivity index (χ1) is 17.7. The maximum atomic E-state index is 13.3. The van der Waals surface area contributed by atoms with Gasteiger partial charge >= 0.3 is 6.03 Å². The zero-order valence-corrected chi connectivity index (χ0v) is 21.8. The first-order valence-electron chi connectivity index (χ1n) is 10.7. The third-order valence-corrected chi connectivity index (χ3v) is 6.41. The Bertz CT molecular complexity index is 1420. The van der Waals surface area contributed by atoms with Crippen LogP contribution in [0.4, 0.5) is 10.5 Å². The standard InChI is InChI=1S/C26H19Cl3N2O6/c1-35-22-12-21(23(36-2)11-20(22)29)31-25(33)17(24(32)30-26(31)34)9-14-3-6-16(7-4-14)37-13-15-5-8-18(27)19(28)10-15/h3-12H,13H2,1-2H3,(H,30,32,34)/b17-9+. The van der Waals surface area contributed by atoms with Gasteiger partial charge in [-0.05, 0) is 41.5 Å². The van der Waals surface area contributed by atoms with E-state index in [1.54, 1.807) is 42.5 Å². The van der Waals surface area contributed by atoms with E-state index < -0.39 is 17.8 Å². The molecule has 1 saturated heterocycles. The number of hydrogen-bond acceptors (Lipinski definition) is 6. The van der Waals surface area contributed by atoms with E-state index in [2.05, 4.69) is 5.32 Å². The number of carbonyl (C=O) groups is 3. The number of imide groups is 2. The number of methoxy groups -OCH3 is 2. The molecule has 4 amide bonds. The van der Waals surface area contributed by atoms with Gasteiger partial charge in [0.2, 0.25) is 0 Å². The summed E-state index contributed by atoms with van der Waals surface area (Å²) in [6.07, 6.45) is 1.37. The van der Waals surface area contributed by atoms with Crippen LogP contribution in [-0.2, 0) is 16.2 Å². The lowest BCUT2D eigenvalue weighted by molar-refractivity contribution is -0.122. The van der Waals surface area contributed by atoms with Gasteiger partial charge in [0, 0.05) is 12.1 Å². The molecule has 4 rings (SSSR count). The molecule has 0 aliphatic carbocycles. The number of amides is 4. The van der Waals surface area contributed by atoms with E-state index in [0.717, 1.165) is 10.5 Å². The zero-order chi connectivity index (χ0) is 26.7. The Hall–Kier alpha value is -3.72. The van der Waals surface area contributed by atoms with Crippen molar-refractivity contribution < 1.29 is 28.6 Å². The maximum absolute atomic E-state index is 13.3. The minimum Gasteiger partial charge on any atom is -0.495 e. The monoisotopic (exact) mass is 560 g/mol. The fraction of sp³-hybridized carbons (Fsp3) is 0.115. The second kappa shape index (κ2) is 11.1. The Morgan fingerprint density at radius 2 is 1.54 bits per heavy atom. The molecule has 0 aromatic heterocycles. The molecular formula is C26H19Cl3N2O6. The van der Waals surface area contributed by atoms with Crippen LogP contribution in [0.25, 0.3) is 6.08 Å². The summed E-state index contributed by atoms with van der Waals surface area (Å²) in [6.45, 7) is 0.266. The molecule has 0 bridgehead atoms. The molecule has 37 heavy (non-hydrogen) atoms. The van der Waals surface area contributed by atoms with Gasteiger partial charge in [0.1, 0.15) is 29.4 Å². The van der Waals surface area contributed by atoms with Crippen molar-refractivity contribution in [2.75, 3.05) is 19.1 Å². The second-order valence-corrected chi connectivity index (χ2v) is 8.94. The predicted molar refractivity (Wildman–Crippen MR) is 141 cm³/mol. The Kier molecular flexibility index (Phi) is 7.92. The van der Waals surface area contributed by atoms with E-state index in [0.29, 0.717) is 21.4 Å². The Morgan fingerprint density at radius 1 is 0.838 bits per heavy atom. The van der Waals surface area contributed by atoms with Crippen molar-refractivity contribution in [2.24, 2.45) is 0 Å². The third kappa shape index (κ3) is 5.67. The van der Waals surface area contributed by atoms with Crippen LogP contribution >= 0.6 is 34.8 Å². The van der Waals surface area contributed by atoms with E-state index in [9.17, 15) is 14.4 Å². The van der Waals surface area contributed by atoms with Crippen LogP contribution in [0.15, 0.2) is 60.2 Å². The number of nitrogens with one attached hydrogen (secondary N) is 1. The van der Waals surface area contributed by atoms with Crippen molar-refractivity contribution in [3.63, 3.8) is 0 Å². The van der Waals surface area contributed by atoms with Gasteiger partial charge in [0.05, 0.1) is 35.0 Å². The Balaban J connectivity index is 1.57. The number of barbiturate groups is 1. The number of halogens is 3. The van der Waals surface area contributed by atoms with Crippen molar-refractivity contribution in [1.29, 1.82) is 0 Å². The van der Waals surface area contributed by atoms with Gasteiger partial charge in [0.15, 0.2) is 0 Å². The summed E-state index contributed by atoms with van der Waals surface area (Å²) in [5.74, 6) is -0.742. The van der Waals surface area contributed by atoms with Crippen LogP contribution in [0.1, 0.15) is 11.1 Å². The molecule has 0 unspecified atom stereocenters. The summed E-state index contributed by atoms with van der Waals surface area (Å²) in [5.41, 5.74) is 1.19. The summed E-state index contributed by atoms with van der Waals surface area (Å²) >= 11 is 18.1. The second-order valence-electron chi connectivity index (χ2n) is 7.72. The SMILES string of the molecule is COc1cc(N2C(=O)NC(=O)/C(=C\c3ccc(OCc4ccc(Cl)c(Cl)c4)cc3)C2=O)c(OC)cc1Cl. The fourth-order valence-electron chi connectivity index (χ4n) is 3.52. The zero-order valence-electron chi connectivity index (χ0n) is 19.5. The minimum atomic E-state index is -0.930. The molecule has 1 fully saturated rings. The number of ether oxygens (including phenoxy) is 3. The number of anilines is 1. The van der Waals surface area contributed by atoms with E-state index in [1.807, 2.05) is 0 Å². The lowest BCUT2D eigenvalue weighted by Crippen LogP contribution is -2.54. The van der Waals surface area contributed by atoms with Gasteiger partial charge in [-0.3, -0.25) is 14.9 Å². The molecule has 3 aromatic carbocycles. The molecule has 190 valence electrons. The first kappa shape index (κ1) is 26.3. The summed E-state index contributed by atoms with van der Waals surface area (Å²) in [4.78, 5) is 39.2. The van der Waals surface area contributed by atoms with Crippen LogP contribution in [0.3, 0.4) is 0 Å². The van der Waals surface area contributed by atoms with Crippen molar-refractivity contribution >= 4 is 64.4 Å². The average molecular weight is 562 g/mol. The molecule has 3 aromatic rings. The van der Waals surface area contributed by atoms with Gasteiger partial charge in [-0.25, -0.2) is 9.69 Å². The quantitative estimate of drug-likeness (QED) is 0.285. The van der Waals surface area contributed by atoms with Crippen molar-refractivity contribution in [2.45, 2.75) is 6.61 Å². The predicted octanol–water partition coefficient (Wildman–Crippen LogP) is 5.91. The van der Waals surface area contributed by atoms with Crippen molar-refractivity contribution in [3.05, 3.63) is 86.4 Å². The minimum absolute atomic E-state index is 0.0655. The normalized spacial score (nSPS) is 14.6. The van der Waals surface area contributed by atoms with Gasteiger partial charge in [-0.15, -0.1) is 0 Å². The molecule has 1 heterocycles. The van der Waals surface area contributed by atoms with Crippen LogP contribution in [0.5, 0.6) is 17.2 Å². The topological polar surface area (TPSA) is 94.2 Å². The molecule has 0 spiro atoms. The lowest BCUT2D eigenvalue weighted by Gasteiger charge is -2.28. The average Bonchev–Trinajstić information content (AvgIpc) is 2.88.